The normalized spacial score (nSPS) is 24.2. The van der Waals surface area contributed by atoms with Crippen LogP contribution in [-0.4, -0.2) is 45.2 Å². The number of likely N-dealkylation sites (tertiary alicyclic amines) is 1. The fourth-order valence-corrected chi connectivity index (χ4v) is 3.81. The number of aliphatic carboxylic acids is 1. The fraction of sp³-hybridized carbons (Fsp3) is 0.722. The second kappa shape index (κ2) is 6.57. The lowest BCUT2D eigenvalue weighted by molar-refractivity contribution is -0.156. The van der Waals surface area contributed by atoms with Crippen LogP contribution in [0.4, 0.5) is 0 Å². The third kappa shape index (κ3) is 3.47. The minimum Gasteiger partial charge on any atom is -0.481 e. The van der Waals surface area contributed by atoms with Crippen LogP contribution in [0.2, 0.25) is 0 Å². The summed E-state index contributed by atoms with van der Waals surface area (Å²) in [4.78, 5) is 26.3. The van der Waals surface area contributed by atoms with Gasteiger partial charge in [0, 0.05) is 31.6 Å². The van der Waals surface area contributed by atoms with E-state index in [0.717, 1.165) is 42.6 Å². The van der Waals surface area contributed by atoms with Gasteiger partial charge < -0.3 is 10.0 Å². The van der Waals surface area contributed by atoms with E-state index in [4.69, 9.17) is 0 Å². The predicted molar refractivity (Wildman–Crippen MR) is 89.6 cm³/mol. The van der Waals surface area contributed by atoms with Crippen LogP contribution in [0.5, 0.6) is 0 Å². The van der Waals surface area contributed by atoms with Crippen LogP contribution in [0, 0.1) is 25.2 Å². The number of carboxylic acids is 1. The van der Waals surface area contributed by atoms with Gasteiger partial charge in [0.15, 0.2) is 0 Å². The van der Waals surface area contributed by atoms with Crippen LogP contribution in [0.1, 0.15) is 55.5 Å². The van der Waals surface area contributed by atoms with E-state index < -0.39 is 11.4 Å². The maximum Gasteiger partial charge on any atom is 0.311 e. The second-order valence-electron chi connectivity index (χ2n) is 7.57. The molecule has 2 heterocycles. The summed E-state index contributed by atoms with van der Waals surface area (Å²) < 4.78 is 0. The molecule has 1 aromatic heterocycles. The maximum absolute atomic E-state index is 12.6. The summed E-state index contributed by atoms with van der Waals surface area (Å²) in [7, 11) is 0. The lowest BCUT2D eigenvalue weighted by Gasteiger charge is -2.40. The molecule has 1 amide bonds. The minimum absolute atomic E-state index is 0.0520. The van der Waals surface area contributed by atoms with Gasteiger partial charge in [-0.2, -0.15) is 5.10 Å². The Hall–Kier alpha value is -1.85. The lowest BCUT2D eigenvalue weighted by Crippen LogP contribution is -2.50. The number of piperidine rings is 1. The highest BCUT2D eigenvalue weighted by atomic mass is 16.4. The topological polar surface area (TPSA) is 86.3 Å². The van der Waals surface area contributed by atoms with Gasteiger partial charge in [0.05, 0.1) is 11.1 Å². The zero-order chi connectivity index (χ0) is 17.3. The molecule has 1 saturated heterocycles. The molecule has 1 aromatic rings. The fourth-order valence-electron chi connectivity index (χ4n) is 3.81. The zero-order valence-electron chi connectivity index (χ0n) is 14.6. The summed E-state index contributed by atoms with van der Waals surface area (Å²) in [6, 6.07) is 0. The highest BCUT2D eigenvalue weighted by molar-refractivity contribution is 5.80. The van der Waals surface area contributed by atoms with E-state index in [1.54, 1.807) is 4.90 Å². The van der Waals surface area contributed by atoms with Crippen molar-refractivity contribution < 1.29 is 14.7 Å². The smallest absolute Gasteiger partial charge is 0.311 e. The van der Waals surface area contributed by atoms with E-state index in [0.29, 0.717) is 38.3 Å². The number of aromatic nitrogens is 2. The minimum atomic E-state index is -0.731. The number of carbonyl (C=O) groups excluding carboxylic acids is 1. The highest BCUT2D eigenvalue weighted by Gasteiger charge is 2.46. The molecule has 24 heavy (non-hydrogen) atoms. The van der Waals surface area contributed by atoms with Crippen LogP contribution < -0.4 is 0 Å². The Morgan fingerprint density at radius 2 is 2.12 bits per heavy atom. The number of amides is 1. The third-order valence-corrected chi connectivity index (χ3v) is 5.69. The van der Waals surface area contributed by atoms with Crippen molar-refractivity contribution in [3.63, 3.8) is 0 Å². The van der Waals surface area contributed by atoms with Gasteiger partial charge in [0.2, 0.25) is 5.91 Å². The summed E-state index contributed by atoms with van der Waals surface area (Å²) in [6.45, 7) is 5.02. The highest BCUT2D eigenvalue weighted by Crippen LogP contribution is 2.45. The predicted octanol–water partition coefficient (Wildman–Crippen LogP) is 2.45. The van der Waals surface area contributed by atoms with Gasteiger partial charge in [0.1, 0.15) is 0 Å². The van der Waals surface area contributed by atoms with Gasteiger partial charge in [-0.25, -0.2) is 0 Å². The Bertz CT molecular complexity index is 635. The Labute approximate surface area is 142 Å². The molecule has 1 aliphatic heterocycles. The first kappa shape index (κ1) is 17.0. The van der Waals surface area contributed by atoms with Crippen molar-refractivity contribution in [1.82, 2.24) is 15.1 Å². The molecule has 0 aromatic carbocycles. The van der Waals surface area contributed by atoms with E-state index in [1.807, 2.05) is 13.8 Å². The SMILES string of the molecule is Cc1[nH]nc(CCC(=O)N2CCC[C@@](CC3CC3)(C(=O)O)C2)c1C. The quantitative estimate of drug-likeness (QED) is 0.837. The Balaban J connectivity index is 1.61. The molecular weight excluding hydrogens is 306 g/mol. The van der Waals surface area contributed by atoms with E-state index in [-0.39, 0.29) is 5.91 Å². The summed E-state index contributed by atoms with van der Waals surface area (Å²) in [6.07, 6.45) is 5.48. The zero-order valence-corrected chi connectivity index (χ0v) is 14.6. The molecule has 3 rings (SSSR count). The summed E-state index contributed by atoms with van der Waals surface area (Å²) in [5.74, 6) is -0.132. The number of nitrogens with zero attached hydrogens (tertiary/aromatic N) is 2. The molecule has 6 heteroatoms. The standard InChI is InChI=1S/C18H27N3O3/c1-12-13(2)19-20-15(12)6-7-16(22)21-9-3-8-18(11-21,17(23)24)10-14-4-5-14/h14H,3-11H2,1-2H3,(H,19,20)(H,23,24)/t18-/m0/s1. The maximum atomic E-state index is 12.6. The van der Waals surface area contributed by atoms with Gasteiger partial charge in [-0.3, -0.25) is 14.7 Å². The van der Waals surface area contributed by atoms with Gasteiger partial charge in [-0.05, 0) is 44.6 Å². The first-order valence-electron chi connectivity index (χ1n) is 8.93. The van der Waals surface area contributed by atoms with Crippen molar-refractivity contribution >= 4 is 11.9 Å². The van der Waals surface area contributed by atoms with Crippen LogP contribution in [-0.2, 0) is 16.0 Å². The number of nitrogens with one attached hydrogen (secondary N) is 1. The van der Waals surface area contributed by atoms with Crippen molar-refractivity contribution in [3.05, 3.63) is 17.0 Å². The number of aryl methyl sites for hydroxylation is 2. The molecule has 1 aliphatic carbocycles. The number of hydrogen-bond acceptors (Lipinski definition) is 3. The number of aromatic amines is 1. The average molecular weight is 333 g/mol. The Morgan fingerprint density at radius 3 is 2.71 bits per heavy atom. The van der Waals surface area contributed by atoms with E-state index in [2.05, 4.69) is 10.2 Å². The van der Waals surface area contributed by atoms with Crippen LogP contribution in [0.25, 0.3) is 0 Å². The van der Waals surface area contributed by atoms with E-state index in [1.165, 1.54) is 0 Å². The molecule has 0 spiro atoms. The number of H-pyrrole nitrogens is 1. The van der Waals surface area contributed by atoms with Crippen molar-refractivity contribution in [2.75, 3.05) is 13.1 Å². The molecule has 2 N–H and O–H groups in total. The molecule has 2 fully saturated rings. The van der Waals surface area contributed by atoms with Crippen LogP contribution in [0.3, 0.4) is 0 Å². The largest absolute Gasteiger partial charge is 0.481 e. The molecule has 1 saturated carbocycles. The first-order chi connectivity index (χ1) is 11.4. The number of hydrogen-bond donors (Lipinski definition) is 2. The third-order valence-electron chi connectivity index (χ3n) is 5.69. The average Bonchev–Trinajstić information content (AvgIpc) is 3.31. The molecule has 2 aliphatic rings. The van der Waals surface area contributed by atoms with Gasteiger partial charge >= 0.3 is 5.97 Å². The summed E-state index contributed by atoms with van der Waals surface area (Å²) in [5.41, 5.74) is 2.34. The molecule has 0 bridgehead atoms. The van der Waals surface area contributed by atoms with E-state index >= 15 is 0 Å². The monoisotopic (exact) mass is 333 g/mol. The number of rotatable bonds is 6. The van der Waals surface area contributed by atoms with Crippen LogP contribution in [0.15, 0.2) is 0 Å². The van der Waals surface area contributed by atoms with Crippen molar-refractivity contribution in [1.29, 1.82) is 0 Å². The first-order valence-corrected chi connectivity index (χ1v) is 8.93. The molecule has 1 atom stereocenters. The summed E-state index contributed by atoms with van der Waals surface area (Å²) >= 11 is 0. The van der Waals surface area contributed by atoms with Crippen LogP contribution >= 0.6 is 0 Å². The molecule has 6 nitrogen and oxygen atoms in total. The number of carboxylic acid groups (broad SMARTS) is 1. The van der Waals surface area contributed by atoms with E-state index in [9.17, 15) is 14.7 Å². The van der Waals surface area contributed by atoms with Gasteiger partial charge in [-0.15, -0.1) is 0 Å². The summed E-state index contributed by atoms with van der Waals surface area (Å²) in [5, 5.41) is 17.0. The molecular formula is C18H27N3O3. The lowest BCUT2D eigenvalue weighted by atomic mass is 9.75. The second-order valence-corrected chi connectivity index (χ2v) is 7.57. The molecule has 132 valence electrons. The van der Waals surface area contributed by atoms with Gasteiger partial charge in [-0.1, -0.05) is 12.8 Å². The van der Waals surface area contributed by atoms with Crippen molar-refractivity contribution in [2.24, 2.45) is 11.3 Å². The Morgan fingerprint density at radius 1 is 1.38 bits per heavy atom. The van der Waals surface area contributed by atoms with Gasteiger partial charge in [0.25, 0.3) is 0 Å². The Kier molecular flexibility index (Phi) is 4.65. The van der Waals surface area contributed by atoms with Crippen molar-refractivity contribution in [2.45, 2.75) is 58.8 Å². The molecule has 0 unspecified atom stereocenters. The molecule has 0 radical (unpaired) electrons. The number of carbonyl (C=O) groups is 2. The van der Waals surface area contributed by atoms with Crippen molar-refractivity contribution in [3.8, 4) is 0 Å².